The second-order valence-corrected chi connectivity index (χ2v) is 3.09. The molecule has 0 aliphatic carbocycles. The molecule has 1 atom stereocenters. The standard InChI is InChI=1S/C8H17F3N2O/c1-2-5-14-6-7(13-12)3-4-8(9,10)11/h7,13H,2-6,12H2,1H3. The molecule has 0 radical (unpaired) electrons. The summed E-state index contributed by atoms with van der Waals surface area (Å²) in [5, 5.41) is 0. The predicted octanol–water partition coefficient (Wildman–Crippen LogP) is 1.59. The molecule has 6 heteroatoms. The van der Waals surface area contributed by atoms with Gasteiger partial charge in [-0.15, -0.1) is 0 Å². The van der Waals surface area contributed by atoms with E-state index in [-0.39, 0.29) is 13.0 Å². The number of hydrogen-bond donors (Lipinski definition) is 2. The maximum atomic E-state index is 11.8. The summed E-state index contributed by atoms with van der Waals surface area (Å²) in [5.41, 5.74) is 2.31. The molecule has 0 saturated carbocycles. The minimum Gasteiger partial charge on any atom is -0.380 e. The molecule has 0 bridgehead atoms. The number of ether oxygens (including phenoxy) is 1. The van der Waals surface area contributed by atoms with Crippen molar-refractivity contribution in [3.63, 3.8) is 0 Å². The Labute approximate surface area is 81.8 Å². The van der Waals surface area contributed by atoms with Gasteiger partial charge in [0.05, 0.1) is 6.61 Å². The Kier molecular flexibility index (Phi) is 6.86. The lowest BCUT2D eigenvalue weighted by Gasteiger charge is -2.16. The summed E-state index contributed by atoms with van der Waals surface area (Å²) in [4.78, 5) is 0. The molecule has 1 unspecified atom stereocenters. The maximum Gasteiger partial charge on any atom is 0.389 e. The van der Waals surface area contributed by atoms with Gasteiger partial charge in [0.25, 0.3) is 0 Å². The van der Waals surface area contributed by atoms with Crippen molar-refractivity contribution in [2.75, 3.05) is 13.2 Å². The Morgan fingerprint density at radius 1 is 1.43 bits per heavy atom. The molecule has 0 aromatic carbocycles. The van der Waals surface area contributed by atoms with Gasteiger partial charge < -0.3 is 4.74 Å². The van der Waals surface area contributed by atoms with Gasteiger partial charge in [-0.3, -0.25) is 11.3 Å². The zero-order valence-corrected chi connectivity index (χ0v) is 8.23. The van der Waals surface area contributed by atoms with Crippen molar-refractivity contribution in [2.24, 2.45) is 5.84 Å². The van der Waals surface area contributed by atoms with Crippen LogP contribution in [0, 0.1) is 0 Å². The molecular weight excluding hydrogens is 197 g/mol. The summed E-state index contributed by atoms with van der Waals surface area (Å²) in [5.74, 6) is 5.09. The van der Waals surface area contributed by atoms with Crippen LogP contribution in [-0.4, -0.2) is 25.4 Å². The van der Waals surface area contributed by atoms with Crippen LogP contribution in [0.1, 0.15) is 26.2 Å². The van der Waals surface area contributed by atoms with Crippen LogP contribution < -0.4 is 11.3 Å². The van der Waals surface area contributed by atoms with E-state index in [1.807, 2.05) is 6.92 Å². The van der Waals surface area contributed by atoms with Gasteiger partial charge in [-0.1, -0.05) is 6.92 Å². The van der Waals surface area contributed by atoms with Gasteiger partial charge >= 0.3 is 6.18 Å². The first-order valence-corrected chi connectivity index (χ1v) is 4.60. The van der Waals surface area contributed by atoms with E-state index in [0.717, 1.165) is 6.42 Å². The third-order valence-electron chi connectivity index (χ3n) is 1.68. The van der Waals surface area contributed by atoms with Crippen molar-refractivity contribution in [1.82, 2.24) is 5.43 Å². The Hall–Kier alpha value is -0.330. The van der Waals surface area contributed by atoms with Crippen LogP contribution in [0.2, 0.25) is 0 Å². The van der Waals surface area contributed by atoms with Crippen LogP contribution >= 0.6 is 0 Å². The topological polar surface area (TPSA) is 47.3 Å². The second kappa shape index (κ2) is 7.03. The molecule has 0 aliphatic rings. The van der Waals surface area contributed by atoms with Gasteiger partial charge in [0.15, 0.2) is 0 Å². The average molecular weight is 214 g/mol. The molecule has 0 aromatic rings. The van der Waals surface area contributed by atoms with Gasteiger partial charge in [0.1, 0.15) is 0 Å². The van der Waals surface area contributed by atoms with Crippen LogP contribution in [0.3, 0.4) is 0 Å². The minimum atomic E-state index is -4.13. The highest BCUT2D eigenvalue weighted by Gasteiger charge is 2.28. The van der Waals surface area contributed by atoms with E-state index in [1.54, 1.807) is 0 Å². The summed E-state index contributed by atoms with van der Waals surface area (Å²) in [6.07, 6.45) is -4.17. The maximum absolute atomic E-state index is 11.8. The van der Waals surface area contributed by atoms with Crippen molar-refractivity contribution in [3.05, 3.63) is 0 Å². The first-order chi connectivity index (χ1) is 6.49. The van der Waals surface area contributed by atoms with E-state index in [0.29, 0.717) is 6.61 Å². The largest absolute Gasteiger partial charge is 0.389 e. The summed E-state index contributed by atoms with van der Waals surface area (Å²) in [6, 6.07) is -0.428. The fourth-order valence-electron chi connectivity index (χ4n) is 0.923. The van der Waals surface area contributed by atoms with Crippen molar-refractivity contribution < 1.29 is 17.9 Å². The molecule has 0 aromatic heterocycles. The Bertz CT molecular complexity index is 141. The third kappa shape index (κ3) is 8.28. The molecule has 0 heterocycles. The van der Waals surface area contributed by atoms with Crippen LogP contribution in [0.25, 0.3) is 0 Å². The van der Waals surface area contributed by atoms with Crippen molar-refractivity contribution in [2.45, 2.75) is 38.4 Å². The lowest BCUT2D eigenvalue weighted by atomic mass is 10.2. The van der Waals surface area contributed by atoms with Crippen LogP contribution in [-0.2, 0) is 4.74 Å². The summed E-state index contributed by atoms with van der Waals surface area (Å²) in [7, 11) is 0. The highest BCUT2D eigenvalue weighted by atomic mass is 19.4. The van der Waals surface area contributed by atoms with Gasteiger partial charge in [0, 0.05) is 19.1 Å². The SMILES string of the molecule is CCCOCC(CCC(F)(F)F)NN. The van der Waals surface area contributed by atoms with Crippen LogP contribution in [0.15, 0.2) is 0 Å². The Morgan fingerprint density at radius 2 is 2.07 bits per heavy atom. The van der Waals surface area contributed by atoms with Crippen LogP contribution in [0.4, 0.5) is 13.2 Å². The highest BCUT2D eigenvalue weighted by molar-refractivity contribution is 4.65. The summed E-state index contributed by atoms with van der Waals surface area (Å²) < 4.78 is 40.6. The number of alkyl halides is 3. The van der Waals surface area contributed by atoms with Gasteiger partial charge in [-0.05, 0) is 12.8 Å². The molecule has 0 saturated heterocycles. The molecule has 0 aliphatic heterocycles. The number of hydrazine groups is 1. The zero-order valence-electron chi connectivity index (χ0n) is 8.23. The molecule has 0 amide bonds. The number of hydrogen-bond acceptors (Lipinski definition) is 3. The van der Waals surface area contributed by atoms with E-state index in [2.05, 4.69) is 5.43 Å². The fourth-order valence-corrected chi connectivity index (χ4v) is 0.923. The van der Waals surface area contributed by atoms with E-state index in [9.17, 15) is 13.2 Å². The average Bonchev–Trinajstić information content (AvgIpc) is 2.09. The van der Waals surface area contributed by atoms with Crippen LogP contribution in [0.5, 0.6) is 0 Å². The lowest BCUT2D eigenvalue weighted by molar-refractivity contribution is -0.137. The molecular formula is C8H17F3N2O. The normalized spacial score (nSPS) is 14.4. The number of halogens is 3. The number of nitrogens with one attached hydrogen (secondary N) is 1. The molecule has 0 rings (SSSR count). The monoisotopic (exact) mass is 214 g/mol. The molecule has 3 N–H and O–H groups in total. The first-order valence-electron chi connectivity index (χ1n) is 4.60. The van der Waals surface area contributed by atoms with E-state index < -0.39 is 18.6 Å². The molecule has 3 nitrogen and oxygen atoms in total. The lowest BCUT2D eigenvalue weighted by Crippen LogP contribution is -2.39. The minimum absolute atomic E-state index is 0.0519. The van der Waals surface area contributed by atoms with E-state index in [1.165, 1.54) is 0 Å². The smallest absolute Gasteiger partial charge is 0.380 e. The number of nitrogens with two attached hydrogens (primary N) is 1. The van der Waals surface area contributed by atoms with Gasteiger partial charge in [-0.25, -0.2) is 0 Å². The number of rotatable bonds is 7. The van der Waals surface area contributed by atoms with Crippen molar-refractivity contribution >= 4 is 0 Å². The molecule has 0 fully saturated rings. The highest BCUT2D eigenvalue weighted by Crippen LogP contribution is 2.22. The summed E-state index contributed by atoms with van der Waals surface area (Å²) in [6.45, 7) is 2.70. The van der Waals surface area contributed by atoms with E-state index >= 15 is 0 Å². The molecule has 0 spiro atoms. The first kappa shape index (κ1) is 13.7. The summed E-state index contributed by atoms with van der Waals surface area (Å²) >= 11 is 0. The van der Waals surface area contributed by atoms with Gasteiger partial charge in [0.2, 0.25) is 0 Å². The second-order valence-electron chi connectivity index (χ2n) is 3.09. The molecule has 14 heavy (non-hydrogen) atoms. The quantitative estimate of drug-likeness (QED) is 0.384. The Balaban J connectivity index is 3.58. The van der Waals surface area contributed by atoms with Crippen molar-refractivity contribution in [1.29, 1.82) is 0 Å². The Morgan fingerprint density at radius 3 is 2.50 bits per heavy atom. The van der Waals surface area contributed by atoms with Gasteiger partial charge in [-0.2, -0.15) is 13.2 Å². The predicted molar refractivity (Wildman–Crippen MR) is 47.5 cm³/mol. The third-order valence-corrected chi connectivity index (χ3v) is 1.68. The molecule has 86 valence electrons. The van der Waals surface area contributed by atoms with Crippen molar-refractivity contribution in [3.8, 4) is 0 Å². The zero-order chi connectivity index (χ0) is 11.0. The fraction of sp³-hybridized carbons (Fsp3) is 1.00. The van der Waals surface area contributed by atoms with E-state index in [4.69, 9.17) is 10.6 Å².